The second-order valence-corrected chi connectivity index (χ2v) is 5.79. The minimum Gasteiger partial charge on any atom is -0.497 e. The monoisotopic (exact) mass is 290 g/mol. The lowest BCUT2D eigenvalue weighted by atomic mass is 10.0. The SMILES string of the molecule is CCN(CC1CCC(=O)N1)C(C)Cc1ccc(OC)cc1. The van der Waals surface area contributed by atoms with Crippen molar-refractivity contribution in [1.29, 1.82) is 0 Å². The standard InChI is InChI=1S/C17H26N2O2/c1-4-19(12-15-7-10-17(20)18-15)13(2)11-14-5-8-16(21-3)9-6-14/h5-6,8-9,13,15H,4,7,10-12H2,1-3H3,(H,18,20). The fourth-order valence-corrected chi connectivity index (χ4v) is 2.95. The third-order valence-electron chi connectivity index (χ3n) is 4.26. The van der Waals surface area contributed by atoms with Crippen LogP contribution in [-0.4, -0.2) is 43.1 Å². The number of nitrogens with zero attached hydrogens (tertiary/aromatic N) is 1. The van der Waals surface area contributed by atoms with Gasteiger partial charge in [-0.2, -0.15) is 0 Å². The summed E-state index contributed by atoms with van der Waals surface area (Å²) in [6, 6.07) is 9.04. The summed E-state index contributed by atoms with van der Waals surface area (Å²) in [5.41, 5.74) is 1.32. The maximum absolute atomic E-state index is 11.3. The second kappa shape index (κ2) is 7.46. The van der Waals surface area contributed by atoms with Gasteiger partial charge in [0.15, 0.2) is 0 Å². The van der Waals surface area contributed by atoms with Crippen molar-refractivity contribution in [3.8, 4) is 5.75 Å². The fraction of sp³-hybridized carbons (Fsp3) is 0.588. The predicted octanol–water partition coefficient (Wildman–Crippen LogP) is 2.23. The highest BCUT2D eigenvalue weighted by atomic mass is 16.5. The maximum atomic E-state index is 11.3. The van der Waals surface area contributed by atoms with E-state index in [9.17, 15) is 4.79 Å². The third kappa shape index (κ3) is 4.46. The number of carbonyl (C=O) groups excluding carboxylic acids is 1. The van der Waals surface area contributed by atoms with Crippen LogP contribution in [0.2, 0.25) is 0 Å². The van der Waals surface area contributed by atoms with E-state index in [2.05, 4.69) is 36.2 Å². The van der Waals surface area contributed by atoms with Crippen LogP contribution in [0.4, 0.5) is 0 Å². The Morgan fingerprint density at radius 2 is 2.10 bits per heavy atom. The van der Waals surface area contributed by atoms with E-state index in [0.29, 0.717) is 18.5 Å². The molecule has 0 radical (unpaired) electrons. The Kier molecular flexibility index (Phi) is 5.62. The molecule has 0 bridgehead atoms. The summed E-state index contributed by atoms with van der Waals surface area (Å²) in [5.74, 6) is 1.09. The van der Waals surface area contributed by atoms with Crippen LogP contribution in [0, 0.1) is 0 Å². The Morgan fingerprint density at radius 3 is 2.62 bits per heavy atom. The number of methoxy groups -OCH3 is 1. The van der Waals surface area contributed by atoms with Gasteiger partial charge in [-0.1, -0.05) is 19.1 Å². The molecule has 1 fully saturated rings. The van der Waals surface area contributed by atoms with Crippen molar-refractivity contribution in [2.75, 3.05) is 20.2 Å². The molecule has 1 aromatic carbocycles. The highest BCUT2D eigenvalue weighted by molar-refractivity contribution is 5.78. The molecule has 2 unspecified atom stereocenters. The van der Waals surface area contributed by atoms with Crippen LogP contribution >= 0.6 is 0 Å². The van der Waals surface area contributed by atoms with Gasteiger partial charge in [-0.15, -0.1) is 0 Å². The number of nitrogens with one attached hydrogen (secondary N) is 1. The lowest BCUT2D eigenvalue weighted by Crippen LogP contribution is -2.43. The number of carbonyl (C=O) groups is 1. The molecule has 0 aromatic heterocycles. The van der Waals surface area contributed by atoms with Gasteiger partial charge in [-0.25, -0.2) is 0 Å². The number of rotatable bonds is 7. The van der Waals surface area contributed by atoms with Gasteiger partial charge in [0.05, 0.1) is 7.11 Å². The lowest BCUT2D eigenvalue weighted by Gasteiger charge is -2.30. The summed E-state index contributed by atoms with van der Waals surface area (Å²) < 4.78 is 5.19. The van der Waals surface area contributed by atoms with Crippen molar-refractivity contribution >= 4 is 5.91 Å². The first-order valence-corrected chi connectivity index (χ1v) is 7.78. The zero-order valence-electron chi connectivity index (χ0n) is 13.3. The van der Waals surface area contributed by atoms with Crippen LogP contribution in [0.25, 0.3) is 0 Å². The number of benzene rings is 1. The third-order valence-corrected chi connectivity index (χ3v) is 4.26. The Bertz CT molecular complexity index is 458. The molecule has 2 atom stereocenters. The van der Waals surface area contributed by atoms with Gasteiger partial charge < -0.3 is 10.1 Å². The Hall–Kier alpha value is -1.55. The van der Waals surface area contributed by atoms with Crippen LogP contribution in [0.3, 0.4) is 0 Å². The van der Waals surface area contributed by atoms with E-state index in [1.54, 1.807) is 7.11 Å². The van der Waals surface area contributed by atoms with Gasteiger partial charge in [0.25, 0.3) is 0 Å². The predicted molar refractivity (Wildman–Crippen MR) is 84.6 cm³/mol. The maximum Gasteiger partial charge on any atom is 0.220 e. The van der Waals surface area contributed by atoms with E-state index in [1.807, 2.05) is 12.1 Å². The van der Waals surface area contributed by atoms with Crippen molar-refractivity contribution in [1.82, 2.24) is 10.2 Å². The van der Waals surface area contributed by atoms with Crippen LogP contribution in [0.1, 0.15) is 32.3 Å². The molecule has 21 heavy (non-hydrogen) atoms. The molecule has 0 saturated carbocycles. The van der Waals surface area contributed by atoms with Gasteiger partial charge in [-0.3, -0.25) is 9.69 Å². The number of amides is 1. The van der Waals surface area contributed by atoms with Gasteiger partial charge in [-0.05, 0) is 44.0 Å². The first kappa shape index (κ1) is 15.8. The summed E-state index contributed by atoms with van der Waals surface area (Å²) >= 11 is 0. The fourth-order valence-electron chi connectivity index (χ4n) is 2.95. The van der Waals surface area contributed by atoms with E-state index >= 15 is 0 Å². The first-order chi connectivity index (χ1) is 10.1. The smallest absolute Gasteiger partial charge is 0.220 e. The average molecular weight is 290 g/mol. The lowest BCUT2D eigenvalue weighted by molar-refractivity contribution is -0.119. The molecule has 0 aliphatic carbocycles. The van der Waals surface area contributed by atoms with Crippen molar-refractivity contribution < 1.29 is 9.53 Å². The number of likely N-dealkylation sites (N-methyl/N-ethyl adjacent to an activating group) is 1. The molecule has 1 saturated heterocycles. The first-order valence-electron chi connectivity index (χ1n) is 7.78. The van der Waals surface area contributed by atoms with E-state index < -0.39 is 0 Å². The molecule has 2 rings (SSSR count). The largest absolute Gasteiger partial charge is 0.497 e. The topological polar surface area (TPSA) is 41.6 Å². The molecule has 1 aromatic rings. The van der Waals surface area contributed by atoms with Gasteiger partial charge >= 0.3 is 0 Å². The zero-order valence-corrected chi connectivity index (χ0v) is 13.3. The molecule has 1 heterocycles. The Morgan fingerprint density at radius 1 is 1.38 bits per heavy atom. The molecular formula is C17H26N2O2. The van der Waals surface area contributed by atoms with Crippen molar-refractivity contribution in [2.45, 2.75) is 45.2 Å². The minimum absolute atomic E-state index is 0.193. The number of ether oxygens (including phenoxy) is 1. The van der Waals surface area contributed by atoms with Crippen molar-refractivity contribution in [2.24, 2.45) is 0 Å². The summed E-state index contributed by atoms with van der Waals surface area (Å²) in [5, 5.41) is 3.06. The van der Waals surface area contributed by atoms with E-state index in [0.717, 1.165) is 31.7 Å². The molecule has 4 nitrogen and oxygen atoms in total. The molecule has 1 N–H and O–H groups in total. The normalized spacial score (nSPS) is 19.6. The zero-order chi connectivity index (χ0) is 15.2. The highest BCUT2D eigenvalue weighted by Gasteiger charge is 2.24. The van der Waals surface area contributed by atoms with Crippen LogP contribution in [0.5, 0.6) is 5.75 Å². The second-order valence-electron chi connectivity index (χ2n) is 5.79. The van der Waals surface area contributed by atoms with Gasteiger partial charge in [0.2, 0.25) is 5.91 Å². The van der Waals surface area contributed by atoms with Crippen LogP contribution < -0.4 is 10.1 Å². The van der Waals surface area contributed by atoms with E-state index in [4.69, 9.17) is 4.74 Å². The number of hydrogen-bond donors (Lipinski definition) is 1. The van der Waals surface area contributed by atoms with Crippen LogP contribution in [-0.2, 0) is 11.2 Å². The highest BCUT2D eigenvalue weighted by Crippen LogP contribution is 2.16. The average Bonchev–Trinajstić information content (AvgIpc) is 2.90. The molecular weight excluding hydrogens is 264 g/mol. The Balaban J connectivity index is 1.89. The summed E-state index contributed by atoms with van der Waals surface area (Å²) in [6.07, 6.45) is 2.65. The Labute approximate surface area is 127 Å². The molecule has 1 aliphatic rings. The van der Waals surface area contributed by atoms with Gasteiger partial charge in [0.1, 0.15) is 5.75 Å². The molecule has 1 amide bonds. The summed E-state index contributed by atoms with van der Waals surface area (Å²) in [7, 11) is 1.69. The van der Waals surface area contributed by atoms with E-state index in [-0.39, 0.29) is 5.91 Å². The quantitative estimate of drug-likeness (QED) is 0.837. The minimum atomic E-state index is 0.193. The van der Waals surface area contributed by atoms with Gasteiger partial charge in [0, 0.05) is 25.0 Å². The van der Waals surface area contributed by atoms with Crippen molar-refractivity contribution in [3.05, 3.63) is 29.8 Å². The molecule has 1 aliphatic heterocycles. The molecule has 4 heteroatoms. The van der Waals surface area contributed by atoms with E-state index in [1.165, 1.54) is 5.56 Å². The molecule has 116 valence electrons. The van der Waals surface area contributed by atoms with Crippen molar-refractivity contribution in [3.63, 3.8) is 0 Å². The number of hydrogen-bond acceptors (Lipinski definition) is 3. The van der Waals surface area contributed by atoms with Crippen LogP contribution in [0.15, 0.2) is 24.3 Å². The molecule has 0 spiro atoms. The summed E-state index contributed by atoms with van der Waals surface area (Å²) in [6.45, 7) is 6.38. The summed E-state index contributed by atoms with van der Waals surface area (Å²) in [4.78, 5) is 13.7.